The fraction of sp³-hybridized carbons (Fsp3) is 0.818. The van der Waals surface area contributed by atoms with E-state index in [0.29, 0.717) is 19.0 Å². The van der Waals surface area contributed by atoms with E-state index in [2.05, 4.69) is 5.32 Å². The van der Waals surface area contributed by atoms with Gasteiger partial charge < -0.3 is 15.2 Å². The summed E-state index contributed by atoms with van der Waals surface area (Å²) in [7, 11) is 0. The van der Waals surface area contributed by atoms with E-state index in [1.54, 1.807) is 0 Å². The molecule has 5 nitrogen and oxygen atoms in total. The fourth-order valence-electron chi connectivity index (χ4n) is 1.63. The van der Waals surface area contributed by atoms with Gasteiger partial charge in [-0.2, -0.15) is 0 Å². The molecule has 6 heteroatoms. The first-order valence-corrected chi connectivity index (χ1v) is 6.83. The molecule has 0 aromatic carbocycles. The van der Waals surface area contributed by atoms with E-state index >= 15 is 0 Å². The van der Waals surface area contributed by atoms with Gasteiger partial charge in [0.15, 0.2) is 0 Å². The Hall–Kier alpha value is -0.750. The third-order valence-corrected chi connectivity index (χ3v) is 3.71. The first-order chi connectivity index (χ1) is 8.08. The van der Waals surface area contributed by atoms with Crippen LogP contribution in [0.15, 0.2) is 0 Å². The SMILES string of the molecule is CC(CC(=O)O)SCC(=O)NC1CCOCC1. The molecule has 1 unspecified atom stereocenters. The number of nitrogens with one attached hydrogen (secondary N) is 1. The zero-order chi connectivity index (χ0) is 12.7. The van der Waals surface area contributed by atoms with Crippen LogP contribution in [0.2, 0.25) is 0 Å². The number of thioether (sulfide) groups is 1. The maximum Gasteiger partial charge on any atom is 0.304 e. The first kappa shape index (κ1) is 14.3. The summed E-state index contributed by atoms with van der Waals surface area (Å²) in [6.07, 6.45) is 1.82. The molecule has 0 bridgehead atoms. The van der Waals surface area contributed by atoms with Gasteiger partial charge in [0.1, 0.15) is 0 Å². The lowest BCUT2D eigenvalue weighted by molar-refractivity contribution is -0.136. The highest BCUT2D eigenvalue weighted by Crippen LogP contribution is 2.14. The summed E-state index contributed by atoms with van der Waals surface area (Å²) < 4.78 is 5.20. The molecule has 0 radical (unpaired) electrons. The topological polar surface area (TPSA) is 75.6 Å². The molecule has 1 atom stereocenters. The van der Waals surface area contributed by atoms with Crippen molar-refractivity contribution < 1.29 is 19.4 Å². The van der Waals surface area contributed by atoms with Crippen LogP contribution < -0.4 is 5.32 Å². The third-order valence-electron chi connectivity index (χ3n) is 2.55. The van der Waals surface area contributed by atoms with Crippen molar-refractivity contribution >= 4 is 23.6 Å². The molecule has 1 aliphatic rings. The second-order valence-electron chi connectivity index (χ2n) is 4.17. The second-order valence-corrected chi connectivity index (χ2v) is 5.60. The van der Waals surface area contributed by atoms with Gasteiger partial charge in [0.25, 0.3) is 0 Å². The average Bonchev–Trinajstić information content (AvgIpc) is 2.27. The highest BCUT2D eigenvalue weighted by atomic mass is 32.2. The number of amides is 1. The minimum Gasteiger partial charge on any atom is -0.481 e. The number of carbonyl (C=O) groups excluding carboxylic acids is 1. The number of aliphatic carboxylic acids is 1. The second kappa shape index (κ2) is 7.55. The van der Waals surface area contributed by atoms with Crippen LogP contribution in [0.1, 0.15) is 26.2 Å². The quantitative estimate of drug-likeness (QED) is 0.742. The van der Waals surface area contributed by atoms with Crippen molar-refractivity contribution in [2.24, 2.45) is 0 Å². The van der Waals surface area contributed by atoms with Crippen molar-refractivity contribution in [3.63, 3.8) is 0 Å². The summed E-state index contributed by atoms with van der Waals surface area (Å²) in [5.41, 5.74) is 0. The van der Waals surface area contributed by atoms with E-state index in [1.807, 2.05) is 6.92 Å². The van der Waals surface area contributed by atoms with Gasteiger partial charge in [-0.1, -0.05) is 6.92 Å². The molecule has 1 rings (SSSR count). The lowest BCUT2D eigenvalue weighted by atomic mass is 10.1. The largest absolute Gasteiger partial charge is 0.481 e. The van der Waals surface area contributed by atoms with E-state index in [9.17, 15) is 9.59 Å². The first-order valence-electron chi connectivity index (χ1n) is 5.78. The molecule has 1 aliphatic heterocycles. The molecule has 0 aromatic rings. The maximum atomic E-state index is 11.6. The van der Waals surface area contributed by atoms with Crippen LogP contribution in [0.5, 0.6) is 0 Å². The van der Waals surface area contributed by atoms with Crippen LogP contribution in [-0.2, 0) is 14.3 Å². The number of rotatable bonds is 6. The Bertz CT molecular complexity index is 266. The van der Waals surface area contributed by atoms with Crippen molar-refractivity contribution in [1.29, 1.82) is 0 Å². The summed E-state index contributed by atoms with van der Waals surface area (Å²) in [6.45, 7) is 3.22. The zero-order valence-corrected chi connectivity index (χ0v) is 10.8. The lowest BCUT2D eigenvalue weighted by Crippen LogP contribution is -2.40. The predicted molar refractivity (Wildman–Crippen MR) is 66.2 cm³/mol. The Morgan fingerprint density at radius 2 is 2.12 bits per heavy atom. The number of hydrogen-bond acceptors (Lipinski definition) is 4. The van der Waals surface area contributed by atoms with E-state index < -0.39 is 5.97 Å². The molecule has 0 spiro atoms. The van der Waals surface area contributed by atoms with Crippen LogP contribution in [-0.4, -0.2) is 47.2 Å². The molecular formula is C11H19NO4S. The molecule has 0 saturated carbocycles. The van der Waals surface area contributed by atoms with Crippen molar-refractivity contribution in [1.82, 2.24) is 5.32 Å². The van der Waals surface area contributed by atoms with Gasteiger partial charge in [-0.3, -0.25) is 9.59 Å². The Morgan fingerprint density at radius 3 is 2.71 bits per heavy atom. The van der Waals surface area contributed by atoms with Crippen molar-refractivity contribution in [3.8, 4) is 0 Å². The van der Waals surface area contributed by atoms with E-state index in [0.717, 1.165) is 12.8 Å². The van der Waals surface area contributed by atoms with Gasteiger partial charge in [0.05, 0.1) is 12.2 Å². The van der Waals surface area contributed by atoms with E-state index in [-0.39, 0.29) is 23.6 Å². The number of carboxylic acids is 1. The van der Waals surface area contributed by atoms with Gasteiger partial charge in [-0.05, 0) is 12.8 Å². The van der Waals surface area contributed by atoms with Crippen LogP contribution in [0.4, 0.5) is 0 Å². The smallest absolute Gasteiger partial charge is 0.304 e. The molecule has 1 fully saturated rings. The average molecular weight is 261 g/mol. The van der Waals surface area contributed by atoms with Gasteiger partial charge in [0.2, 0.25) is 5.91 Å². The Labute approximate surface area is 105 Å². The molecule has 17 heavy (non-hydrogen) atoms. The van der Waals surface area contributed by atoms with Crippen LogP contribution in [0.3, 0.4) is 0 Å². The number of hydrogen-bond donors (Lipinski definition) is 2. The zero-order valence-electron chi connectivity index (χ0n) is 9.98. The molecule has 1 heterocycles. The fourth-order valence-corrected chi connectivity index (χ4v) is 2.41. The Balaban J connectivity index is 2.13. The summed E-state index contributed by atoms with van der Waals surface area (Å²) in [6, 6.07) is 0.214. The normalized spacial score (nSPS) is 18.6. The van der Waals surface area contributed by atoms with Crippen molar-refractivity contribution in [2.45, 2.75) is 37.5 Å². The van der Waals surface area contributed by atoms with E-state index in [4.69, 9.17) is 9.84 Å². The van der Waals surface area contributed by atoms with Crippen molar-refractivity contribution in [3.05, 3.63) is 0 Å². The predicted octanol–water partition coefficient (Wildman–Crippen LogP) is 0.878. The Kier molecular flexibility index (Phi) is 6.36. The summed E-state index contributed by atoms with van der Waals surface area (Å²) >= 11 is 1.38. The minimum absolute atomic E-state index is 0.0147. The third kappa shape index (κ3) is 6.53. The summed E-state index contributed by atoms with van der Waals surface area (Å²) in [4.78, 5) is 22.0. The van der Waals surface area contributed by atoms with Crippen LogP contribution in [0, 0.1) is 0 Å². The molecular weight excluding hydrogens is 242 g/mol. The van der Waals surface area contributed by atoms with Gasteiger partial charge >= 0.3 is 5.97 Å². The molecule has 1 amide bonds. The van der Waals surface area contributed by atoms with Crippen LogP contribution >= 0.6 is 11.8 Å². The highest BCUT2D eigenvalue weighted by molar-refractivity contribution is 8.00. The lowest BCUT2D eigenvalue weighted by Gasteiger charge is -2.23. The monoisotopic (exact) mass is 261 g/mol. The minimum atomic E-state index is -0.824. The molecule has 2 N–H and O–H groups in total. The molecule has 0 aromatic heterocycles. The summed E-state index contributed by atoms with van der Waals surface area (Å²) in [5, 5.41) is 11.5. The molecule has 98 valence electrons. The number of ether oxygens (including phenoxy) is 1. The van der Waals surface area contributed by atoms with Crippen LogP contribution in [0.25, 0.3) is 0 Å². The molecule has 1 saturated heterocycles. The molecule has 0 aliphatic carbocycles. The standard InChI is InChI=1S/C11H19NO4S/c1-8(6-11(14)15)17-7-10(13)12-9-2-4-16-5-3-9/h8-9H,2-7H2,1H3,(H,12,13)(H,14,15). The van der Waals surface area contributed by atoms with Crippen molar-refractivity contribution in [2.75, 3.05) is 19.0 Å². The number of carboxylic acid groups (broad SMARTS) is 1. The number of carbonyl (C=O) groups is 2. The summed E-state index contributed by atoms with van der Waals surface area (Å²) in [5.74, 6) is -0.514. The van der Waals surface area contributed by atoms with E-state index in [1.165, 1.54) is 11.8 Å². The van der Waals surface area contributed by atoms with Gasteiger partial charge in [-0.15, -0.1) is 11.8 Å². The highest BCUT2D eigenvalue weighted by Gasteiger charge is 2.17. The van der Waals surface area contributed by atoms with Gasteiger partial charge in [0, 0.05) is 24.5 Å². The maximum absolute atomic E-state index is 11.6. The van der Waals surface area contributed by atoms with Gasteiger partial charge in [-0.25, -0.2) is 0 Å². The Morgan fingerprint density at radius 1 is 1.47 bits per heavy atom.